The van der Waals surface area contributed by atoms with Crippen LogP contribution in [-0.2, 0) is 6.54 Å². The van der Waals surface area contributed by atoms with Gasteiger partial charge in [0.2, 0.25) is 5.75 Å². The third-order valence-electron chi connectivity index (χ3n) is 2.70. The first-order chi connectivity index (χ1) is 9.93. The second-order valence-corrected chi connectivity index (χ2v) is 5.24. The Bertz CT molecular complexity index is 707. The number of hydrogen-bond donors (Lipinski definition) is 1. The Morgan fingerprint density at radius 3 is 2.38 bits per heavy atom. The fourth-order valence-electron chi connectivity index (χ4n) is 1.69. The lowest BCUT2D eigenvalue weighted by Crippen LogP contribution is -2.01. The average molecular weight is 348 g/mol. The van der Waals surface area contributed by atoms with Crippen LogP contribution in [-0.4, -0.2) is 4.92 Å². The Hall–Kier alpha value is -1.53. The van der Waals surface area contributed by atoms with Crippen molar-refractivity contribution in [3.63, 3.8) is 0 Å². The summed E-state index contributed by atoms with van der Waals surface area (Å²) in [6.07, 6.45) is 0. The Morgan fingerprint density at radius 1 is 1.10 bits per heavy atom. The first-order valence-corrected chi connectivity index (χ1v) is 6.86. The van der Waals surface area contributed by atoms with Gasteiger partial charge in [-0.2, -0.15) is 0 Å². The molecule has 2 N–H and O–H groups in total. The molecule has 0 radical (unpaired) electrons. The van der Waals surface area contributed by atoms with Crippen LogP contribution >= 0.6 is 34.8 Å². The molecule has 0 aliphatic carbocycles. The van der Waals surface area contributed by atoms with Gasteiger partial charge in [-0.1, -0.05) is 40.9 Å². The summed E-state index contributed by atoms with van der Waals surface area (Å²) >= 11 is 17.7. The van der Waals surface area contributed by atoms with E-state index in [1.807, 2.05) is 0 Å². The highest BCUT2D eigenvalue weighted by Crippen LogP contribution is 2.39. The largest absolute Gasteiger partial charge is 0.450 e. The van der Waals surface area contributed by atoms with Gasteiger partial charge < -0.3 is 10.5 Å². The lowest BCUT2D eigenvalue weighted by molar-refractivity contribution is -0.385. The molecule has 110 valence electrons. The van der Waals surface area contributed by atoms with Gasteiger partial charge in [0.15, 0.2) is 0 Å². The summed E-state index contributed by atoms with van der Waals surface area (Å²) < 4.78 is 5.56. The third-order valence-corrected chi connectivity index (χ3v) is 3.77. The molecule has 8 heteroatoms. The van der Waals surface area contributed by atoms with Crippen LogP contribution in [0.5, 0.6) is 11.5 Å². The van der Waals surface area contributed by atoms with E-state index < -0.39 is 4.92 Å². The van der Waals surface area contributed by atoms with Crippen LogP contribution in [0.15, 0.2) is 30.3 Å². The van der Waals surface area contributed by atoms with Crippen LogP contribution in [0.3, 0.4) is 0 Å². The monoisotopic (exact) mass is 346 g/mol. The van der Waals surface area contributed by atoms with E-state index in [4.69, 9.17) is 45.3 Å². The lowest BCUT2D eigenvalue weighted by Gasteiger charge is -2.12. The number of nitrogens with two attached hydrogens (primary N) is 1. The minimum Gasteiger partial charge on any atom is -0.450 e. The summed E-state index contributed by atoms with van der Waals surface area (Å²) in [4.78, 5) is 10.5. The zero-order valence-electron chi connectivity index (χ0n) is 10.5. The van der Waals surface area contributed by atoms with E-state index in [0.717, 1.165) is 6.07 Å². The molecule has 0 saturated carbocycles. The molecule has 0 spiro atoms. The third kappa shape index (κ3) is 3.39. The predicted molar refractivity (Wildman–Crippen MR) is 82.5 cm³/mol. The molecule has 0 atom stereocenters. The van der Waals surface area contributed by atoms with Gasteiger partial charge in [0.25, 0.3) is 0 Å². The maximum Gasteiger partial charge on any atom is 0.313 e. The van der Waals surface area contributed by atoms with Crippen LogP contribution in [0, 0.1) is 10.1 Å². The van der Waals surface area contributed by atoms with Gasteiger partial charge in [-0.05, 0) is 12.1 Å². The molecule has 21 heavy (non-hydrogen) atoms. The average Bonchev–Trinajstić information content (AvgIpc) is 2.42. The molecule has 0 unspecified atom stereocenters. The van der Waals surface area contributed by atoms with E-state index in [1.165, 1.54) is 6.07 Å². The summed E-state index contributed by atoms with van der Waals surface area (Å²) in [5, 5.41) is 11.7. The fourth-order valence-corrected chi connectivity index (χ4v) is 2.25. The number of nitro benzene ring substituents is 1. The van der Waals surface area contributed by atoms with Gasteiger partial charge in [0.1, 0.15) is 5.75 Å². The number of hydrogen-bond acceptors (Lipinski definition) is 4. The predicted octanol–water partition coefficient (Wildman–Crippen LogP) is 4.81. The summed E-state index contributed by atoms with van der Waals surface area (Å²) in [5.74, 6) is 0.290. The molecular weight excluding hydrogens is 339 g/mol. The van der Waals surface area contributed by atoms with Crippen molar-refractivity contribution >= 4 is 40.5 Å². The second-order valence-electron chi connectivity index (χ2n) is 4.01. The summed E-state index contributed by atoms with van der Waals surface area (Å²) in [6, 6.07) is 7.33. The van der Waals surface area contributed by atoms with Crippen molar-refractivity contribution in [3.05, 3.63) is 61.1 Å². The van der Waals surface area contributed by atoms with Crippen LogP contribution in [0.25, 0.3) is 0 Å². The standard InChI is InChI=1S/C13H9Cl3N2O3/c14-8-2-1-3-12(7(8)6-17)21-13-5-10(16)9(15)4-11(13)18(19)20/h1-5H,6,17H2. The van der Waals surface area contributed by atoms with E-state index in [1.54, 1.807) is 18.2 Å². The quantitative estimate of drug-likeness (QED) is 0.636. The van der Waals surface area contributed by atoms with E-state index in [-0.39, 0.29) is 28.0 Å². The van der Waals surface area contributed by atoms with Gasteiger partial charge >= 0.3 is 5.69 Å². The molecule has 2 rings (SSSR count). The van der Waals surface area contributed by atoms with Gasteiger partial charge in [-0.25, -0.2) is 0 Å². The van der Waals surface area contributed by atoms with Crippen LogP contribution < -0.4 is 10.5 Å². The number of halogens is 3. The molecular formula is C13H9Cl3N2O3. The maximum absolute atomic E-state index is 11.1. The molecule has 0 heterocycles. The molecule has 0 amide bonds. The van der Waals surface area contributed by atoms with Gasteiger partial charge in [0, 0.05) is 29.3 Å². The van der Waals surface area contributed by atoms with Gasteiger partial charge in [0.05, 0.1) is 15.0 Å². The smallest absolute Gasteiger partial charge is 0.313 e. The Balaban J connectivity index is 2.51. The molecule has 0 bridgehead atoms. The van der Waals surface area contributed by atoms with E-state index in [2.05, 4.69) is 0 Å². The highest BCUT2D eigenvalue weighted by Gasteiger charge is 2.20. The first kappa shape index (κ1) is 15.9. The molecule has 0 aliphatic rings. The van der Waals surface area contributed by atoms with Crippen molar-refractivity contribution < 1.29 is 9.66 Å². The number of benzene rings is 2. The zero-order chi connectivity index (χ0) is 15.6. The Labute approximate surface area is 135 Å². The van der Waals surface area contributed by atoms with Gasteiger partial charge in [-0.15, -0.1) is 0 Å². The van der Waals surface area contributed by atoms with Crippen molar-refractivity contribution in [3.8, 4) is 11.5 Å². The number of nitro groups is 1. The molecule has 2 aromatic rings. The molecule has 0 aromatic heterocycles. The maximum atomic E-state index is 11.1. The number of nitrogens with zero attached hydrogens (tertiary/aromatic N) is 1. The van der Waals surface area contributed by atoms with E-state index in [9.17, 15) is 10.1 Å². The highest BCUT2D eigenvalue weighted by atomic mass is 35.5. The van der Waals surface area contributed by atoms with E-state index in [0.29, 0.717) is 16.3 Å². The van der Waals surface area contributed by atoms with E-state index >= 15 is 0 Å². The summed E-state index contributed by atoms with van der Waals surface area (Å²) in [5.41, 5.74) is 5.85. The van der Waals surface area contributed by atoms with Crippen LogP contribution in [0.2, 0.25) is 15.1 Å². The summed E-state index contributed by atoms with van der Waals surface area (Å²) in [6.45, 7) is 0.129. The van der Waals surface area contributed by atoms with Crippen LogP contribution in [0.4, 0.5) is 5.69 Å². The van der Waals surface area contributed by atoms with Crippen molar-refractivity contribution in [1.29, 1.82) is 0 Å². The molecule has 0 fully saturated rings. The zero-order valence-corrected chi connectivity index (χ0v) is 12.7. The topological polar surface area (TPSA) is 78.4 Å². The van der Waals surface area contributed by atoms with Crippen molar-refractivity contribution in [1.82, 2.24) is 0 Å². The van der Waals surface area contributed by atoms with Crippen molar-refractivity contribution in [2.24, 2.45) is 5.73 Å². The normalized spacial score (nSPS) is 10.5. The highest BCUT2D eigenvalue weighted by molar-refractivity contribution is 6.42. The first-order valence-electron chi connectivity index (χ1n) is 5.72. The lowest BCUT2D eigenvalue weighted by atomic mass is 10.2. The van der Waals surface area contributed by atoms with Crippen LogP contribution in [0.1, 0.15) is 5.56 Å². The Morgan fingerprint density at radius 2 is 1.76 bits per heavy atom. The van der Waals surface area contributed by atoms with Gasteiger partial charge in [-0.3, -0.25) is 10.1 Å². The summed E-state index contributed by atoms with van der Waals surface area (Å²) in [7, 11) is 0. The Kier molecular flexibility index (Phi) is 4.90. The minimum absolute atomic E-state index is 0.0358. The minimum atomic E-state index is -0.607. The molecule has 5 nitrogen and oxygen atoms in total. The molecule has 2 aromatic carbocycles. The molecule has 0 saturated heterocycles. The van der Waals surface area contributed by atoms with Crippen molar-refractivity contribution in [2.45, 2.75) is 6.54 Å². The SMILES string of the molecule is NCc1c(Cl)cccc1Oc1cc(Cl)c(Cl)cc1[N+](=O)[O-]. The fraction of sp³-hybridized carbons (Fsp3) is 0.0769. The number of rotatable bonds is 4. The molecule has 0 aliphatic heterocycles. The second kappa shape index (κ2) is 6.49. The number of ether oxygens (including phenoxy) is 1. The van der Waals surface area contributed by atoms with Crippen molar-refractivity contribution in [2.75, 3.05) is 0 Å².